The van der Waals surface area contributed by atoms with Gasteiger partial charge in [-0.05, 0) is 12.0 Å². The first-order chi connectivity index (χ1) is 17.1. The zero-order valence-electron chi connectivity index (χ0n) is 19.4. The van der Waals surface area contributed by atoms with Gasteiger partial charge >= 0.3 is 24.3 Å². The van der Waals surface area contributed by atoms with Crippen LogP contribution in [0.3, 0.4) is 0 Å². The molecule has 3 heterocycles. The van der Waals surface area contributed by atoms with Gasteiger partial charge < -0.3 is 20.1 Å². The van der Waals surface area contributed by atoms with Crippen molar-refractivity contribution in [2.24, 2.45) is 12.5 Å². The molecule has 1 aromatic carbocycles. The van der Waals surface area contributed by atoms with Crippen LogP contribution in [-0.2, 0) is 28.0 Å². The number of carboxylic acids is 2. The van der Waals surface area contributed by atoms with E-state index in [0.29, 0.717) is 0 Å². The van der Waals surface area contributed by atoms with Crippen molar-refractivity contribution in [3.8, 4) is 0 Å². The number of aryl methyl sites for hydroxylation is 1. The minimum Gasteiger partial charge on any atom is -0.475 e. The third-order valence-corrected chi connectivity index (χ3v) is 5.90. The number of carbonyl (C=O) groups excluding carboxylic acids is 1. The molecule has 2 fully saturated rings. The van der Waals surface area contributed by atoms with E-state index in [9.17, 15) is 31.1 Å². The Morgan fingerprint density at radius 3 is 2.03 bits per heavy atom. The second-order valence-corrected chi connectivity index (χ2v) is 8.36. The second kappa shape index (κ2) is 11.6. The van der Waals surface area contributed by atoms with E-state index in [4.69, 9.17) is 19.8 Å². The summed E-state index contributed by atoms with van der Waals surface area (Å²) in [5.41, 5.74) is 0.985. The number of imidazole rings is 1. The van der Waals surface area contributed by atoms with Crippen LogP contribution >= 0.6 is 0 Å². The van der Waals surface area contributed by atoms with Crippen molar-refractivity contribution in [1.82, 2.24) is 19.8 Å². The highest BCUT2D eigenvalue weighted by Crippen LogP contribution is 2.47. The van der Waals surface area contributed by atoms with Gasteiger partial charge in [-0.1, -0.05) is 30.3 Å². The summed E-state index contributed by atoms with van der Waals surface area (Å²) in [6.45, 7) is 3.30. The molecule has 37 heavy (non-hydrogen) atoms. The SMILES string of the molecule is Cn1ccnc1CN1C[C@@H](c2ccccc2)[C@@]2(CCNC2=O)C1.O=C(O)C(F)(F)F.O=C(O)C(F)(F)F. The highest BCUT2D eigenvalue weighted by Gasteiger charge is 2.54. The minimum atomic E-state index is -5.08. The number of nitrogens with zero attached hydrogens (tertiary/aromatic N) is 3. The van der Waals surface area contributed by atoms with Crippen molar-refractivity contribution < 1.29 is 50.9 Å². The molecule has 2 atom stereocenters. The predicted molar refractivity (Wildman–Crippen MR) is 115 cm³/mol. The average molecular weight is 538 g/mol. The Morgan fingerprint density at radius 1 is 1.08 bits per heavy atom. The lowest BCUT2D eigenvalue weighted by molar-refractivity contribution is -0.193. The quantitative estimate of drug-likeness (QED) is 0.514. The molecule has 2 aromatic rings. The summed E-state index contributed by atoms with van der Waals surface area (Å²) in [4.78, 5) is 37.2. The topological polar surface area (TPSA) is 125 Å². The number of hydrogen-bond acceptors (Lipinski definition) is 5. The van der Waals surface area contributed by atoms with Gasteiger partial charge in [0.2, 0.25) is 5.91 Å². The summed E-state index contributed by atoms with van der Waals surface area (Å²) < 4.78 is 65.5. The average Bonchev–Trinajstić information content (AvgIpc) is 3.49. The van der Waals surface area contributed by atoms with E-state index in [1.807, 2.05) is 25.5 Å². The molecule has 9 nitrogen and oxygen atoms in total. The number of carboxylic acid groups (broad SMARTS) is 2. The number of aromatic nitrogens is 2. The van der Waals surface area contributed by atoms with Gasteiger partial charge in [-0.2, -0.15) is 26.3 Å². The highest BCUT2D eigenvalue weighted by molar-refractivity contribution is 5.86. The van der Waals surface area contributed by atoms with Crippen LogP contribution in [0, 0.1) is 5.41 Å². The molecule has 2 saturated heterocycles. The number of likely N-dealkylation sites (tertiary alicyclic amines) is 1. The number of rotatable bonds is 3. The minimum absolute atomic E-state index is 0.216. The third-order valence-electron chi connectivity index (χ3n) is 5.90. The Hall–Kier alpha value is -3.62. The molecular formula is C22H24F6N4O5. The van der Waals surface area contributed by atoms with Gasteiger partial charge in [0.25, 0.3) is 0 Å². The number of carbonyl (C=O) groups is 3. The van der Waals surface area contributed by atoms with E-state index < -0.39 is 24.3 Å². The fourth-order valence-corrected chi connectivity index (χ4v) is 4.16. The Labute approximate surface area is 206 Å². The van der Waals surface area contributed by atoms with Crippen LogP contribution in [0.15, 0.2) is 42.7 Å². The molecular weight excluding hydrogens is 514 g/mol. The van der Waals surface area contributed by atoms with E-state index >= 15 is 0 Å². The Balaban J connectivity index is 0.000000286. The number of amides is 1. The number of benzene rings is 1. The molecule has 204 valence electrons. The molecule has 0 saturated carbocycles. The van der Waals surface area contributed by atoms with Crippen molar-refractivity contribution in [2.75, 3.05) is 19.6 Å². The molecule has 0 radical (unpaired) electrons. The normalized spacial score (nSPS) is 21.5. The number of aliphatic carboxylic acids is 2. The molecule has 1 aromatic heterocycles. The van der Waals surface area contributed by atoms with E-state index in [1.165, 1.54) is 5.56 Å². The smallest absolute Gasteiger partial charge is 0.475 e. The summed E-state index contributed by atoms with van der Waals surface area (Å²) in [6.07, 6.45) is -5.45. The fourth-order valence-electron chi connectivity index (χ4n) is 4.16. The molecule has 0 bridgehead atoms. The van der Waals surface area contributed by atoms with Crippen LogP contribution in [0.1, 0.15) is 23.7 Å². The molecule has 15 heteroatoms. The van der Waals surface area contributed by atoms with E-state index in [-0.39, 0.29) is 17.2 Å². The summed E-state index contributed by atoms with van der Waals surface area (Å²) in [7, 11) is 2.02. The zero-order valence-corrected chi connectivity index (χ0v) is 19.4. The summed E-state index contributed by atoms with van der Waals surface area (Å²) in [5.74, 6) is -3.99. The summed E-state index contributed by atoms with van der Waals surface area (Å²) in [6, 6.07) is 10.5. The lowest BCUT2D eigenvalue weighted by Gasteiger charge is -2.27. The van der Waals surface area contributed by atoms with E-state index in [1.54, 1.807) is 0 Å². The summed E-state index contributed by atoms with van der Waals surface area (Å²) in [5, 5.41) is 17.3. The van der Waals surface area contributed by atoms with Crippen molar-refractivity contribution in [3.05, 3.63) is 54.1 Å². The number of alkyl halides is 6. The van der Waals surface area contributed by atoms with Crippen LogP contribution in [0.5, 0.6) is 0 Å². The molecule has 2 aliphatic heterocycles. The zero-order chi connectivity index (χ0) is 28.0. The molecule has 4 rings (SSSR count). The van der Waals surface area contributed by atoms with Crippen LogP contribution in [0.4, 0.5) is 26.3 Å². The second-order valence-electron chi connectivity index (χ2n) is 8.36. The molecule has 1 spiro atoms. The maximum atomic E-state index is 12.6. The van der Waals surface area contributed by atoms with Gasteiger partial charge in [-0.3, -0.25) is 9.69 Å². The monoisotopic (exact) mass is 538 g/mol. The van der Waals surface area contributed by atoms with Gasteiger partial charge in [-0.15, -0.1) is 0 Å². The summed E-state index contributed by atoms with van der Waals surface area (Å²) >= 11 is 0. The van der Waals surface area contributed by atoms with E-state index in [2.05, 4.69) is 44.0 Å². The number of nitrogens with one attached hydrogen (secondary N) is 1. The van der Waals surface area contributed by atoms with E-state index in [0.717, 1.165) is 38.4 Å². The Bertz CT molecular complexity index is 1070. The van der Waals surface area contributed by atoms with Crippen LogP contribution in [0.2, 0.25) is 0 Å². The van der Waals surface area contributed by atoms with Crippen LogP contribution < -0.4 is 5.32 Å². The Morgan fingerprint density at radius 2 is 1.62 bits per heavy atom. The van der Waals surface area contributed by atoms with Gasteiger partial charge in [0.1, 0.15) is 5.82 Å². The third kappa shape index (κ3) is 7.68. The molecule has 2 aliphatic rings. The Kier molecular flexibility index (Phi) is 9.30. The van der Waals surface area contributed by atoms with Gasteiger partial charge in [0.15, 0.2) is 0 Å². The maximum absolute atomic E-state index is 12.6. The number of halogens is 6. The molecule has 0 unspecified atom stereocenters. The van der Waals surface area contributed by atoms with Crippen molar-refractivity contribution in [1.29, 1.82) is 0 Å². The number of hydrogen-bond donors (Lipinski definition) is 3. The highest BCUT2D eigenvalue weighted by atomic mass is 19.4. The first kappa shape index (κ1) is 29.6. The lowest BCUT2D eigenvalue weighted by atomic mass is 9.73. The fraction of sp³-hybridized carbons (Fsp3) is 0.455. The maximum Gasteiger partial charge on any atom is 0.490 e. The van der Waals surface area contributed by atoms with Crippen molar-refractivity contribution in [2.45, 2.75) is 31.2 Å². The van der Waals surface area contributed by atoms with Crippen molar-refractivity contribution >= 4 is 17.8 Å². The molecule has 1 amide bonds. The first-order valence-electron chi connectivity index (χ1n) is 10.7. The van der Waals surface area contributed by atoms with Gasteiger partial charge in [0, 0.05) is 45.0 Å². The van der Waals surface area contributed by atoms with Crippen LogP contribution in [-0.4, -0.2) is 74.5 Å². The largest absolute Gasteiger partial charge is 0.490 e. The lowest BCUT2D eigenvalue weighted by Crippen LogP contribution is -2.37. The van der Waals surface area contributed by atoms with Gasteiger partial charge in [0.05, 0.1) is 12.0 Å². The van der Waals surface area contributed by atoms with Crippen LogP contribution in [0.25, 0.3) is 0 Å². The van der Waals surface area contributed by atoms with Crippen molar-refractivity contribution in [3.63, 3.8) is 0 Å². The molecule has 3 N–H and O–H groups in total. The molecule has 0 aliphatic carbocycles. The standard InChI is InChI=1S/C18H22N4O.2C2HF3O2/c1-21-10-9-19-16(21)12-22-11-15(14-5-3-2-4-6-14)18(13-22)7-8-20-17(18)23;2*3-2(4,5)1(6)7/h2-6,9-10,15H,7-8,11-13H2,1H3,(H,20,23);2*(H,6,7)/t15-,18+;;/m0../s1. The van der Waals surface area contributed by atoms with Gasteiger partial charge in [-0.25, -0.2) is 14.6 Å². The first-order valence-corrected chi connectivity index (χ1v) is 10.7. The predicted octanol–water partition coefficient (Wildman–Crippen LogP) is 2.79.